The number of para-hydroxylation sites is 1. The van der Waals surface area contributed by atoms with Crippen LogP contribution >= 0.6 is 12.8 Å². The van der Waals surface area contributed by atoms with Crippen molar-refractivity contribution >= 4 is 23.7 Å². The lowest BCUT2D eigenvalue weighted by molar-refractivity contribution is 0.663. The van der Waals surface area contributed by atoms with E-state index in [9.17, 15) is 0 Å². The van der Waals surface area contributed by atoms with Gasteiger partial charge in [-0.15, -0.1) is 0 Å². The molecule has 1 heterocycles. The average Bonchev–Trinajstić information content (AvgIpc) is 2.78. The number of nitrogens with zero attached hydrogens (tertiary/aromatic N) is 1. The maximum Gasteiger partial charge on any atom is 0.0591 e. The van der Waals surface area contributed by atoms with Crippen LogP contribution in [0.3, 0.4) is 0 Å². The Morgan fingerprint density at radius 1 is 1.15 bits per heavy atom. The maximum absolute atomic E-state index is 4.29. The van der Waals surface area contributed by atoms with Crippen LogP contribution < -0.4 is 5.32 Å². The summed E-state index contributed by atoms with van der Waals surface area (Å²) in [5.41, 5.74) is 2.45. The van der Waals surface area contributed by atoms with Gasteiger partial charge in [-0.3, -0.25) is 3.97 Å². The van der Waals surface area contributed by atoms with Gasteiger partial charge in [0.05, 0.1) is 5.52 Å². The number of unbranched alkanes of at least 4 members (excludes halogenated alkanes) is 1. The predicted molar refractivity (Wildman–Crippen MR) is 95.9 cm³/mol. The van der Waals surface area contributed by atoms with Crippen LogP contribution in [-0.2, 0) is 0 Å². The van der Waals surface area contributed by atoms with Crippen LogP contribution in [0, 0.1) is 6.92 Å². The Hall–Kier alpha value is -0.930. The van der Waals surface area contributed by atoms with E-state index in [0.29, 0.717) is 0 Å². The molecule has 0 aliphatic heterocycles. The van der Waals surface area contributed by atoms with Crippen LogP contribution in [0.25, 0.3) is 10.9 Å². The SMILES string of the molecule is CC.CCCCNCC.Cc1cn(S)c2ccccc12. The Morgan fingerprint density at radius 3 is 2.35 bits per heavy atom. The fourth-order valence-electron chi connectivity index (χ4n) is 1.81. The summed E-state index contributed by atoms with van der Waals surface area (Å²) >= 11 is 4.29. The Morgan fingerprint density at radius 2 is 1.80 bits per heavy atom. The standard InChI is InChI=1S/C9H9NS.C6H15N.C2H6/c1-7-6-10(11)9-5-3-2-4-8(7)9;1-3-5-6-7-4-2;1-2/h2-6,11H,1H3;7H,3-6H2,1-2H3;1-2H3. The fraction of sp³-hybridized carbons (Fsp3) is 0.529. The van der Waals surface area contributed by atoms with Gasteiger partial charge in [0, 0.05) is 11.6 Å². The van der Waals surface area contributed by atoms with Crippen molar-refractivity contribution in [2.75, 3.05) is 13.1 Å². The molecule has 0 atom stereocenters. The largest absolute Gasteiger partial charge is 0.317 e. The lowest BCUT2D eigenvalue weighted by atomic mass is 10.2. The fourth-order valence-corrected chi connectivity index (χ4v) is 2.16. The molecule has 114 valence electrons. The zero-order valence-electron chi connectivity index (χ0n) is 13.6. The van der Waals surface area contributed by atoms with E-state index < -0.39 is 0 Å². The number of hydrogen-bond donors (Lipinski definition) is 2. The minimum atomic E-state index is 1.11. The summed E-state index contributed by atoms with van der Waals surface area (Å²) < 4.78 is 1.85. The van der Waals surface area contributed by atoms with Crippen molar-refractivity contribution in [3.05, 3.63) is 36.0 Å². The van der Waals surface area contributed by atoms with Crippen LogP contribution in [0.2, 0.25) is 0 Å². The van der Waals surface area contributed by atoms with Crippen molar-refractivity contribution < 1.29 is 0 Å². The molecule has 0 aliphatic carbocycles. The van der Waals surface area contributed by atoms with Gasteiger partial charge in [-0.2, -0.15) is 0 Å². The van der Waals surface area contributed by atoms with E-state index in [-0.39, 0.29) is 0 Å². The molecule has 0 amide bonds. The molecule has 0 fully saturated rings. The topological polar surface area (TPSA) is 17.0 Å². The molecular weight excluding hydrogens is 264 g/mol. The lowest BCUT2D eigenvalue weighted by Crippen LogP contribution is -2.13. The molecule has 20 heavy (non-hydrogen) atoms. The molecule has 0 aliphatic rings. The Bertz CT molecular complexity index is 423. The van der Waals surface area contributed by atoms with E-state index in [0.717, 1.165) is 6.54 Å². The molecular formula is C17H30N2S. The summed E-state index contributed by atoms with van der Waals surface area (Å²) in [5, 5.41) is 4.53. The van der Waals surface area contributed by atoms with Crippen molar-refractivity contribution in [1.29, 1.82) is 0 Å². The minimum absolute atomic E-state index is 1.11. The van der Waals surface area contributed by atoms with Crippen molar-refractivity contribution in [2.24, 2.45) is 0 Å². The highest BCUT2D eigenvalue weighted by atomic mass is 32.1. The summed E-state index contributed by atoms with van der Waals surface area (Å²) in [7, 11) is 0. The van der Waals surface area contributed by atoms with Gasteiger partial charge < -0.3 is 5.32 Å². The molecule has 1 aromatic carbocycles. The van der Waals surface area contributed by atoms with Crippen LogP contribution in [0.5, 0.6) is 0 Å². The number of rotatable bonds is 4. The van der Waals surface area contributed by atoms with Crippen LogP contribution in [0.1, 0.15) is 46.1 Å². The molecule has 1 N–H and O–H groups in total. The summed E-state index contributed by atoms with van der Waals surface area (Å²) in [4.78, 5) is 0. The molecule has 0 saturated heterocycles. The number of hydrogen-bond acceptors (Lipinski definition) is 2. The number of thiol groups is 1. The third-order valence-corrected chi connectivity index (χ3v) is 3.18. The summed E-state index contributed by atoms with van der Waals surface area (Å²) in [6.07, 6.45) is 4.63. The van der Waals surface area contributed by atoms with Gasteiger partial charge in [-0.25, -0.2) is 0 Å². The van der Waals surface area contributed by atoms with Crippen molar-refractivity contribution in [1.82, 2.24) is 9.29 Å². The maximum atomic E-state index is 4.29. The molecule has 1 aromatic heterocycles. The van der Waals surface area contributed by atoms with Gasteiger partial charge in [0.1, 0.15) is 0 Å². The normalized spacial score (nSPS) is 9.50. The first-order valence-electron chi connectivity index (χ1n) is 7.67. The zero-order valence-corrected chi connectivity index (χ0v) is 14.5. The van der Waals surface area contributed by atoms with Gasteiger partial charge in [0.2, 0.25) is 0 Å². The van der Waals surface area contributed by atoms with Crippen LogP contribution in [0.15, 0.2) is 30.5 Å². The van der Waals surface area contributed by atoms with E-state index in [1.807, 2.05) is 36.1 Å². The number of fused-ring (bicyclic) bond motifs is 1. The van der Waals surface area contributed by atoms with Crippen LogP contribution in [-0.4, -0.2) is 17.1 Å². The highest BCUT2D eigenvalue weighted by Gasteiger charge is 1.99. The van der Waals surface area contributed by atoms with Crippen LogP contribution in [0.4, 0.5) is 0 Å². The van der Waals surface area contributed by atoms with Gasteiger partial charge in [-0.1, -0.05) is 65.1 Å². The Labute approximate surface area is 130 Å². The smallest absolute Gasteiger partial charge is 0.0591 e. The van der Waals surface area contributed by atoms with Crippen molar-refractivity contribution in [3.63, 3.8) is 0 Å². The molecule has 2 nitrogen and oxygen atoms in total. The van der Waals surface area contributed by atoms with Gasteiger partial charge in [-0.05, 0) is 38.1 Å². The highest BCUT2D eigenvalue weighted by molar-refractivity contribution is 7.78. The zero-order chi connectivity index (χ0) is 15.4. The van der Waals surface area contributed by atoms with Gasteiger partial charge in [0.15, 0.2) is 0 Å². The van der Waals surface area contributed by atoms with E-state index in [4.69, 9.17) is 0 Å². The molecule has 0 radical (unpaired) electrons. The first kappa shape index (κ1) is 19.1. The van der Waals surface area contributed by atoms with E-state index in [1.54, 1.807) is 0 Å². The lowest BCUT2D eigenvalue weighted by Gasteiger charge is -1.95. The number of aryl methyl sites for hydroxylation is 1. The third kappa shape index (κ3) is 6.49. The summed E-state index contributed by atoms with van der Waals surface area (Å²) in [5.74, 6) is 0. The first-order valence-corrected chi connectivity index (χ1v) is 8.07. The molecule has 2 aromatic rings. The number of benzene rings is 1. The Kier molecular flexibility index (Phi) is 11.3. The van der Waals surface area contributed by atoms with E-state index in [2.05, 4.69) is 51.0 Å². The first-order chi connectivity index (χ1) is 9.70. The molecule has 0 saturated carbocycles. The van der Waals surface area contributed by atoms with Gasteiger partial charge >= 0.3 is 0 Å². The van der Waals surface area contributed by atoms with Crippen molar-refractivity contribution in [2.45, 2.75) is 47.5 Å². The average molecular weight is 295 g/mol. The highest BCUT2D eigenvalue weighted by Crippen LogP contribution is 2.20. The molecule has 2 rings (SSSR count). The second-order valence-corrected chi connectivity index (χ2v) is 4.81. The molecule has 0 bridgehead atoms. The predicted octanol–water partition coefficient (Wildman–Crippen LogP) is 5.06. The minimum Gasteiger partial charge on any atom is -0.317 e. The quantitative estimate of drug-likeness (QED) is 0.595. The number of nitrogens with one attached hydrogen (secondary N) is 1. The Balaban J connectivity index is 0.000000352. The third-order valence-electron chi connectivity index (χ3n) is 2.85. The second-order valence-electron chi connectivity index (χ2n) is 4.38. The monoisotopic (exact) mass is 294 g/mol. The molecule has 0 spiro atoms. The van der Waals surface area contributed by atoms with Crippen molar-refractivity contribution in [3.8, 4) is 0 Å². The molecule has 0 unspecified atom stereocenters. The number of aromatic nitrogens is 1. The summed E-state index contributed by atoms with van der Waals surface area (Å²) in [6.45, 7) is 12.7. The molecule has 3 heteroatoms. The van der Waals surface area contributed by atoms with E-state index >= 15 is 0 Å². The van der Waals surface area contributed by atoms with Gasteiger partial charge in [0.25, 0.3) is 0 Å². The van der Waals surface area contributed by atoms with E-state index in [1.165, 1.54) is 35.9 Å². The summed E-state index contributed by atoms with van der Waals surface area (Å²) in [6, 6.07) is 8.24. The second kappa shape index (κ2) is 11.9.